The lowest BCUT2D eigenvalue weighted by atomic mass is 10.1. The summed E-state index contributed by atoms with van der Waals surface area (Å²) in [4.78, 5) is 0. The van der Waals surface area contributed by atoms with Crippen LogP contribution in [0.4, 0.5) is 0 Å². The molecule has 0 spiro atoms. The van der Waals surface area contributed by atoms with Gasteiger partial charge in [0.1, 0.15) is 17.3 Å². The molecule has 0 unspecified atom stereocenters. The molecule has 0 fully saturated rings. The molecular weight excluding hydrogens is 561 g/mol. The fraction of sp³-hybridized carbons (Fsp3) is 1.00. The summed E-state index contributed by atoms with van der Waals surface area (Å²) in [5, 5.41) is 0. The summed E-state index contributed by atoms with van der Waals surface area (Å²) in [6.07, 6.45) is 44.3. The molecule has 0 radical (unpaired) electrons. The average molecular weight is 637 g/mol. The van der Waals surface area contributed by atoms with Crippen LogP contribution in [0.3, 0.4) is 0 Å². The molecule has 0 saturated heterocycles. The van der Waals surface area contributed by atoms with E-state index in [1.54, 1.807) is 17.3 Å². The van der Waals surface area contributed by atoms with Gasteiger partial charge < -0.3 is 4.55 Å². The van der Waals surface area contributed by atoms with E-state index in [4.69, 9.17) is 17.5 Å². The van der Waals surface area contributed by atoms with Crippen LogP contribution in [-0.2, 0) is 21.3 Å². The Morgan fingerprint density at radius 3 is 0.690 bits per heavy atom. The number of unbranched alkanes of at least 4 members (excludes halogenated alkanes) is 27. The van der Waals surface area contributed by atoms with E-state index >= 15 is 0 Å². The predicted molar refractivity (Wildman–Crippen MR) is 190 cm³/mol. The monoisotopic (exact) mass is 637 g/mol. The molecule has 0 aliphatic carbocycles. The van der Waals surface area contributed by atoms with Crippen molar-refractivity contribution in [3.63, 3.8) is 0 Å². The molecule has 0 aromatic rings. The van der Waals surface area contributed by atoms with Crippen LogP contribution in [0.15, 0.2) is 0 Å². The minimum atomic E-state index is -4.92. The maximum absolute atomic E-state index is 8.63. The van der Waals surface area contributed by atoms with Crippen molar-refractivity contribution in [1.29, 1.82) is 0 Å². The molecule has 6 heteroatoms. The van der Waals surface area contributed by atoms with Gasteiger partial charge in [0.2, 0.25) is 10.4 Å². The van der Waals surface area contributed by atoms with E-state index in [1.165, 1.54) is 193 Å². The van der Waals surface area contributed by atoms with E-state index in [-0.39, 0.29) is 0 Å². The van der Waals surface area contributed by atoms with E-state index in [0.717, 1.165) is 10.9 Å². The molecule has 0 amide bonds. The van der Waals surface area contributed by atoms with Gasteiger partial charge >= 0.3 is 0 Å². The van der Waals surface area contributed by atoms with Crippen molar-refractivity contribution in [2.45, 2.75) is 213 Å². The maximum Gasteiger partial charge on any atom is 0.215 e. The smallest absolute Gasteiger partial charge is 0.215 e. The van der Waals surface area contributed by atoms with Gasteiger partial charge in [0.25, 0.3) is 0 Å². The average Bonchev–Trinajstić information content (AvgIpc) is 2.94. The van der Waals surface area contributed by atoms with Crippen LogP contribution in [-0.4, -0.2) is 34.8 Å². The Balaban J connectivity index is 0. The lowest BCUT2D eigenvalue weighted by Gasteiger charge is -2.10. The second kappa shape index (κ2) is 37.4. The third-order valence-corrected chi connectivity index (χ3v) is 11.0. The molecule has 0 aromatic carbocycles. The first-order valence-corrected chi connectivity index (χ1v) is 21.8. The third-order valence-electron chi connectivity index (χ3n) is 8.36. The van der Waals surface area contributed by atoms with Crippen LogP contribution in [0.25, 0.3) is 0 Å². The summed E-state index contributed by atoms with van der Waals surface area (Å²) in [6, 6.07) is 0. The van der Waals surface area contributed by atoms with Crippen LogP contribution in [0.2, 0.25) is 0 Å². The molecule has 4 nitrogen and oxygen atoms in total. The Morgan fingerprint density at radius 2 is 0.524 bits per heavy atom. The second-order valence-electron chi connectivity index (χ2n) is 12.7. The largest absolute Gasteiger partial charge is 0.726 e. The summed E-state index contributed by atoms with van der Waals surface area (Å²) in [7, 11) is -4.18. The Labute approximate surface area is 268 Å². The van der Waals surface area contributed by atoms with Gasteiger partial charge in [-0.2, -0.15) is 0 Å². The zero-order valence-corrected chi connectivity index (χ0v) is 30.5. The van der Waals surface area contributed by atoms with E-state index in [0.29, 0.717) is 0 Å². The van der Waals surface area contributed by atoms with Crippen molar-refractivity contribution in [2.75, 3.05) is 17.3 Å². The summed E-state index contributed by atoms with van der Waals surface area (Å²) < 4.78 is 32.8. The number of hydrogen-bond acceptors (Lipinski definition) is 3. The van der Waals surface area contributed by atoms with Crippen molar-refractivity contribution in [2.24, 2.45) is 0 Å². The van der Waals surface area contributed by atoms with Gasteiger partial charge in [-0.3, -0.25) is 4.55 Å². The zero-order chi connectivity index (χ0) is 31.4. The molecule has 1 N–H and O–H groups in total. The Hall–Kier alpha value is 0.220. The summed E-state index contributed by atoms with van der Waals surface area (Å²) >= 11 is 0. The minimum absolute atomic E-state index is 0.738. The fourth-order valence-corrected chi connectivity index (χ4v) is 8.14. The highest BCUT2D eigenvalue weighted by Gasteiger charge is 2.16. The van der Waals surface area contributed by atoms with Crippen molar-refractivity contribution < 1.29 is 17.5 Å². The van der Waals surface area contributed by atoms with Gasteiger partial charge in [-0.1, -0.05) is 175 Å². The first-order valence-electron chi connectivity index (χ1n) is 18.7. The molecule has 0 atom stereocenters. The first-order chi connectivity index (χ1) is 20.3. The van der Waals surface area contributed by atoms with Gasteiger partial charge in [-0.05, 0) is 49.4 Å². The zero-order valence-electron chi connectivity index (χ0n) is 28.8. The van der Waals surface area contributed by atoms with E-state index < -0.39 is 10.4 Å². The van der Waals surface area contributed by atoms with Crippen LogP contribution < -0.4 is 0 Å². The SMILES string of the molecule is CCCCCCCCCCCC[S+](CCCCCCCCCCCC)CCCCCCCCCCCC.O=S(=O)([O-])O. The van der Waals surface area contributed by atoms with Gasteiger partial charge in [0.05, 0.1) is 0 Å². The second-order valence-corrected chi connectivity index (χ2v) is 16.0. The molecule has 0 bridgehead atoms. The van der Waals surface area contributed by atoms with Crippen molar-refractivity contribution in [1.82, 2.24) is 0 Å². The van der Waals surface area contributed by atoms with Crippen LogP contribution in [0.1, 0.15) is 213 Å². The lowest BCUT2D eigenvalue weighted by molar-refractivity contribution is 0.366. The highest BCUT2D eigenvalue weighted by molar-refractivity contribution is 7.96. The number of rotatable bonds is 33. The van der Waals surface area contributed by atoms with Gasteiger partial charge in [-0.25, -0.2) is 8.42 Å². The summed E-state index contributed by atoms with van der Waals surface area (Å²) in [5.74, 6) is 4.68. The lowest BCUT2D eigenvalue weighted by Crippen LogP contribution is -2.17. The highest BCUT2D eigenvalue weighted by Crippen LogP contribution is 2.17. The molecular formula is C36H76O4S2. The van der Waals surface area contributed by atoms with Crippen LogP contribution in [0, 0.1) is 0 Å². The third kappa shape index (κ3) is 47.2. The normalized spacial score (nSPS) is 11.7. The van der Waals surface area contributed by atoms with Crippen molar-refractivity contribution in [3.8, 4) is 0 Å². The Morgan fingerprint density at radius 1 is 0.381 bits per heavy atom. The highest BCUT2D eigenvalue weighted by atomic mass is 32.3. The van der Waals surface area contributed by atoms with Gasteiger partial charge in [-0.15, -0.1) is 0 Å². The fourth-order valence-electron chi connectivity index (χ4n) is 5.69. The molecule has 0 saturated carbocycles. The quantitative estimate of drug-likeness (QED) is 0.0336. The summed E-state index contributed by atoms with van der Waals surface area (Å²) in [5.41, 5.74) is 0. The molecule has 0 rings (SSSR count). The van der Waals surface area contributed by atoms with Gasteiger partial charge in [0.15, 0.2) is 0 Å². The molecule has 0 heterocycles. The first kappa shape index (κ1) is 44.3. The molecule has 42 heavy (non-hydrogen) atoms. The van der Waals surface area contributed by atoms with E-state index in [1.807, 2.05) is 0 Å². The standard InChI is InChI=1S/C36H75S.H2O4S/c1-4-7-10-13-16-19-22-25-28-31-34-37(35-32-29-26-23-20-17-14-11-8-5-2)36-33-30-27-24-21-18-15-12-9-6-3;1-5(2,3)4/h4-36H2,1-3H3;(H2,1,2,3,4)/q+1;/p-1. The maximum atomic E-state index is 8.63. The molecule has 0 aliphatic rings. The van der Waals surface area contributed by atoms with E-state index in [9.17, 15) is 0 Å². The van der Waals surface area contributed by atoms with Crippen LogP contribution in [0.5, 0.6) is 0 Å². The molecule has 256 valence electrons. The minimum Gasteiger partial charge on any atom is -0.726 e. The Kier molecular flexibility index (Phi) is 39.5. The van der Waals surface area contributed by atoms with Crippen molar-refractivity contribution >= 4 is 21.3 Å². The Bertz CT molecular complexity index is 518. The summed E-state index contributed by atoms with van der Waals surface area (Å²) in [6.45, 7) is 6.96. The topological polar surface area (TPSA) is 77.4 Å². The van der Waals surface area contributed by atoms with E-state index in [2.05, 4.69) is 20.8 Å². The van der Waals surface area contributed by atoms with Gasteiger partial charge in [0, 0.05) is 0 Å². The number of hydrogen-bond donors (Lipinski definition) is 1. The van der Waals surface area contributed by atoms with Crippen LogP contribution >= 0.6 is 0 Å². The molecule has 0 aromatic heterocycles. The predicted octanol–water partition coefficient (Wildman–Crippen LogP) is 12.4. The molecule has 0 aliphatic heterocycles. The van der Waals surface area contributed by atoms with Crippen molar-refractivity contribution in [3.05, 3.63) is 0 Å².